The molecule has 0 N–H and O–H groups in total. The zero-order valence-electron chi connectivity index (χ0n) is 8.15. The number of nitrogens with zero attached hydrogens (tertiary/aromatic N) is 3. The number of halogens is 4. The van der Waals surface area contributed by atoms with Crippen molar-refractivity contribution in [2.45, 2.75) is 6.36 Å². The highest BCUT2D eigenvalue weighted by molar-refractivity contribution is 9.10. The minimum Gasteiger partial charge on any atom is -0.406 e. The van der Waals surface area contributed by atoms with Gasteiger partial charge in [0.25, 0.3) is 0 Å². The molecule has 90 valence electrons. The van der Waals surface area contributed by atoms with E-state index in [4.69, 9.17) is 0 Å². The summed E-state index contributed by atoms with van der Waals surface area (Å²) >= 11 is 3.07. The van der Waals surface area contributed by atoms with Crippen LogP contribution >= 0.6 is 15.9 Å². The Labute approximate surface area is 102 Å². The highest BCUT2D eigenvalue weighted by atomic mass is 79.9. The van der Waals surface area contributed by atoms with E-state index in [0.29, 0.717) is 10.4 Å². The smallest absolute Gasteiger partial charge is 0.406 e. The molecule has 1 aromatic heterocycles. The molecule has 0 aliphatic rings. The summed E-state index contributed by atoms with van der Waals surface area (Å²) in [5, 5.41) is 3.94. The van der Waals surface area contributed by atoms with Crippen LogP contribution in [0.5, 0.6) is 5.75 Å². The summed E-state index contributed by atoms with van der Waals surface area (Å²) in [6.45, 7) is 0. The topological polar surface area (TPSA) is 39.9 Å². The predicted octanol–water partition coefficient (Wildman–Crippen LogP) is 2.93. The number of rotatable bonds is 2. The van der Waals surface area contributed by atoms with E-state index in [0.717, 1.165) is 0 Å². The Hall–Kier alpha value is -1.57. The first-order valence-electron chi connectivity index (χ1n) is 4.37. The van der Waals surface area contributed by atoms with Crippen LogP contribution in [0.15, 0.2) is 35.3 Å². The van der Waals surface area contributed by atoms with Crippen LogP contribution in [-0.4, -0.2) is 21.1 Å². The van der Waals surface area contributed by atoms with Gasteiger partial charge in [0, 0.05) is 0 Å². The van der Waals surface area contributed by atoms with Gasteiger partial charge in [0.1, 0.15) is 12.1 Å². The Kier molecular flexibility index (Phi) is 3.05. The van der Waals surface area contributed by atoms with Gasteiger partial charge >= 0.3 is 6.36 Å². The molecule has 2 rings (SSSR count). The van der Waals surface area contributed by atoms with E-state index in [2.05, 4.69) is 30.7 Å². The monoisotopic (exact) mass is 307 g/mol. The molecule has 0 aliphatic heterocycles. The molecule has 0 aliphatic carbocycles. The maximum atomic E-state index is 11.9. The van der Waals surface area contributed by atoms with Gasteiger partial charge in [-0.2, -0.15) is 0 Å². The lowest BCUT2D eigenvalue weighted by atomic mass is 10.3. The van der Waals surface area contributed by atoms with E-state index in [-0.39, 0.29) is 5.75 Å². The Bertz CT molecular complexity index is 509. The Morgan fingerprint density at radius 1 is 1.18 bits per heavy atom. The molecule has 0 spiro atoms. The normalized spacial score (nSPS) is 11.5. The molecule has 1 heterocycles. The SMILES string of the molecule is FC(F)(F)Oc1ccc(-n2cnc(Br)n2)cc1. The van der Waals surface area contributed by atoms with Crippen LogP contribution in [0.1, 0.15) is 0 Å². The molecule has 1 aromatic carbocycles. The van der Waals surface area contributed by atoms with E-state index >= 15 is 0 Å². The molecular weight excluding hydrogens is 303 g/mol. The third kappa shape index (κ3) is 3.19. The number of ether oxygens (including phenoxy) is 1. The maximum Gasteiger partial charge on any atom is 0.573 e. The molecule has 0 unspecified atom stereocenters. The van der Waals surface area contributed by atoms with Gasteiger partial charge in [0.05, 0.1) is 5.69 Å². The molecule has 2 aromatic rings. The molecule has 8 heteroatoms. The van der Waals surface area contributed by atoms with E-state index in [1.54, 1.807) is 0 Å². The third-order valence-corrected chi connectivity index (χ3v) is 2.16. The number of benzene rings is 1. The van der Waals surface area contributed by atoms with Crippen LogP contribution in [0.25, 0.3) is 5.69 Å². The van der Waals surface area contributed by atoms with Crippen LogP contribution in [0.2, 0.25) is 0 Å². The van der Waals surface area contributed by atoms with Crippen molar-refractivity contribution in [1.29, 1.82) is 0 Å². The van der Waals surface area contributed by atoms with Gasteiger partial charge in [-0.05, 0) is 40.2 Å². The van der Waals surface area contributed by atoms with Crippen molar-refractivity contribution >= 4 is 15.9 Å². The summed E-state index contributed by atoms with van der Waals surface area (Å²) in [5.74, 6) is -0.277. The van der Waals surface area contributed by atoms with Crippen molar-refractivity contribution in [2.24, 2.45) is 0 Å². The number of aromatic nitrogens is 3. The minimum atomic E-state index is -4.68. The lowest BCUT2D eigenvalue weighted by Gasteiger charge is -2.08. The zero-order valence-corrected chi connectivity index (χ0v) is 9.73. The van der Waals surface area contributed by atoms with Crippen molar-refractivity contribution in [2.75, 3.05) is 0 Å². The van der Waals surface area contributed by atoms with Gasteiger partial charge in [-0.25, -0.2) is 9.67 Å². The fourth-order valence-corrected chi connectivity index (χ4v) is 1.43. The maximum absolute atomic E-state index is 11.9. The Morgan fingerprint density at radius 3 is 2.29 bits per heavy atom. The lowest BCUT2D eigenvalue weighted by Crippen LogP contribution is -2.17. The van der Waals surface area contributed by atoms with Crippen molar-refractivity contribution in [1.82, 2.24) is 14.8 Å². The molecular formula is C9H5BrF3N3O. The van der Waals surface area contributed by atoms with E-state index in [9.17, 15) is 13.2 Å². The third-order valence-electron chi connectivity index (χ3n) is 1.80. The van der Waals surface area contributed by atoms with Gasteiger partial charge in [0.15, 0.2) is 0 Å². The summed E-state index contributed by atoms with van der Waals surface area (Å²) in [6.07, 6.45) is -3.25. The van der Waals surface area contributed by atoms with Crippen molar-refractivity contribution < 1.29 is 17.9 Å². The summed E-state index contributed by atoms with van der Waals surface area (Å²) in [5.41, 5.74) is 0.581. The van der Waals surface area contributed by atoms with Gasteiger partial charge in [0.2, 0.25) is 4.73 Å². The quantitative estimate of drug-likeness (QED) is 0.856. The first-order chi connectivity index (χ1) is 7.94. The average Bonchev–Trinajstić information content (AvgIpc) is 2.63. The van der Waals surface area contributed by atoms with Crippen molar-refractivity contribution in [3.05, 3.63) is 35.3 Å². The molecule has 0 saturated heterocycles. The number of hydrogen-bond donors (Lipinski definition) is 0. The highest BCUT2D eigenvalue weighted by Gasteiger charge is 2.30. The molecule has 0 atom stereocenters. The molecule has 0 bridgehead atoms. The molecule has 17 heavy (non-hydrogen) atoms. The van der Waals surface area contributed by atoms with E-state index in [1.807, 2.05) is 0 Å². The molecule has 0 amide bonds. The van der Waals surface area contributed by atoms with Crippen molar-refractivity contribution in [3.63, 3.8) is 0 Å². The van der Waals surface area contributed by atoms with Crippen LogP contribution in [-0.2, 0) is 0 Å². The fraction of sp³-hybridized carbons (Fsp3) is 0.111. The first kappa shape index (κ1) is 11.9. The first-order valence-corrected chi connectivity index (χ1v) is 5.17. The summed E-state index contributed by atoms with van der Waals surface area (Å²) in [4.78, 5) is 3.83. The van der Waals surface area contributed by atoms with Gasteiger partial charge in [-0.15, -0.1) is 18.3 Å². The number of hydrogen-bond acceptors (Lipinski definition) is 3. The second kappa shape index (κ2) is 4.36. The molecule has 4 nitrogen and oxygen atoms in total. The summed E-state index contributed by atoms with van der Waals surface area (Å²) < 4.78 is 41.3. The van der Waals surface area contributed by atoms with Crippen LogP contribution < -0.4 is 4.74 Å². The largest absolute Gasteiger partial charge is 0.573 e. The van der Waals surface area contributed by atoms with Gasteiger partial charge in [-0.1, -0.05) is 0 Å². The van der Waals surface area contributed by atoms with Gasteiger partial charge < -0.3 is 4.74 Å². The Morgan fingerprint density at radius 2 is 1.82 bits per heavy atom. The molecule has 0 saturated carbocycles. The minimum absolute atomic E-state index is 0.277. The highest BCUT2D eigenvalue weighted by Crippen LogP contribution is 2.23. The fourth-order valence-electron chi connectivity index (χ4n) is 1.17. The number of alkyl halides is 3. The zero-order chi connectivity index (χ0) is 12.5. The molecule has 0 radical (unpaired) electrons. The summed E-state index contributed by atoms with van der Waals surface area (Å²) in [7, 11) is 0. The van der Waals surface area contributed by atoms with Crippen LogP contribution in [0.4, 0.5) is 13.2 Å². The molecule has 0 fully saturated rings. The lowest BCUT2D eigenvalue weighted by molar-refractivity contribution is -0.274. The van der Waals surface area contributed by atoms with Crippen LogP contribution in [0.3, 0.4) is 0 Å². The van der Waals surface area contributed by atoms with E-state index < -0.39 is 6.36 Å². The van der Waals surface area contributed by atoms with Gasteiger partial charge in [-0.3, -0.25) is 0 Å². The Balaban J connectivity index is 2.19. The van der Waals surface area contributed by atoms with Crippen LogP contribution in [0, 0.1) is 0 Å². The second-order valence-electron chi connectivity index (χ2n) is 3.00. The summed E-state index contributed by atoms with van der Waals surface area (Å²) in [6, 6.07) is 5.31. The van der Waals surface area contributed by atoms with E-state index in [1.165, 1.54) is 35.3 Å². The second-order valence-corrected chi connectivity index (χ2v) is 3.71. The standard InChI is InChI=1S/C9H5BrF3N3O/c10-8-14-5-16(15-8)6-1-3-7(4-2-6)17-9(11,12)13/h1-5H. The average molecular weight is 308 g/mol. The predicted molar refractivity (Wildman–Crippen MR) is 55.7 cm³/mol. The van der Waals surface area contributed by atoms with Crippen molar-refractivity contribution in [3.8, 4) is 11.4 Å².